The van der Waals surface area contributed by atoms with Crippen LogP contribution in [-0.4, -0.2) is 27.4 Å². The Morgan fingerprint density at radius 1 is 0.735 bits per heavy atom. The quantitative estimate of drug-likeness (QED) is 0.412. The van der Waals surface area contributed by atoms with Crippen LogP contribution in [0.25, 0.3) is 0 Å². The van der Waals surface area contributed by atoms with Crippen LogP contribution < -0.4 is 10.6 Å². The lowest BCUT2D eigenvalue weighted by molar-refractivity contribution is 0.101. The van der Waals surface area contributed by atoms with Crippen LogP contribution in [0.1, 0.15) is 48.0 Å². The number of nitrogens with zero attached hydrogens (tertiary/aromatic N) is 2. The number of amides is 2. The predicted molar refractivity (Wildman–Crippen MR) is 131 cm³/mol. The fourth-order valence-electron chi connectivity index (χ4n) is 3.54. The molecule has 170 valence electrons. The van der Waals surface area contributed by atoms with Gasteiger partial charge >= 0.3 is 0 Å². The fourth-order valence-corrected chi connectivity index (χ4v) is 3.54. The topological polar surface area (TPSA) is 93.1 Å². The number of carbonyl (C=O) groups is 3. The van der Waals surface area contributed by atoms with Crippen molar-refractivity contribution in [1.82, 2.24) is 9.78 Å². The Balaban J connectivity index is 1.61. The lowest BCUT2D eigenvalue weighted by atomic mass is 9.99. The molecule has 0 atom stereocenters. The Morgan fingerprint density at radius 3 is 2.09 bits per heavy atom. The van der Waals surface area contributed by atoms with Gasteiger partial charge in [-0.15, -0.1) is 0 Å². The molecule has 0 aliphatic rings. The second kappa shape index (κ2) is 9.54. The number of hydrogen-bond acceptors (Lipinski definition) is 4. The Morgan fingerprint density at radius 2 is 1.38 bits per heavy atom. The third kappa shape index (κ3) is 4.78. The van der Waals surface area contributed by atoms with Crippen LogP contribution in [0.3, 0.4) is 0 Å². The number of nitrogens with one attached hydrogen (secondary N) is 2. The van der Waals surface area contributed by atoms with E-state index < -0.39 is 11.8 Å². The fraction of sp³-hybridized carbons (Fsp3) is 0.111. The number of anilines is 2. The van der Waals surface area contributed by atoms with Crippen LogP contribution >= 0.6 is 0 Å². The van der Waals surface area contributed by atoms with Crippen LogP contribution in [0.5, 0.6) is 0 Å². The molecule has 4 rings (SSSR count). The number of para-hydroxylation sites is 1. The summed E-state index contributed by atoms with van der Waals surface area (Å²) >= 11 is 0. The summed E-state index contributed by atoms with van der Waals surface area (Å²) in [5, 5.41) is 9.79. The van der Waals surface area contributed by atoms with Crippen molar-refractivity contribution in [3.05, 3.63) is 113 Å². The summed E-state index contributed by atoms with van der Waals surface area (Å²) in [5.41, 5.74) is 3.92. The van der Waals surface area contributed by atoms with Crippen LogP contribution in [-0.2, 0) is 7.05 Å². The van der Waals surface area contributed by atoms with Crippen molar-refractivity contribution >= 4 is 29.0 Å². The van der Waals surface area contributed by atoms with Gasteiger partial charge in [0.25, 0.3) is 11.8 Å². The number of aryl methyl sites for hydroxylation is 3. The highest BCUT2D eigenvalue weighted by Gasteiger charge is 2.19. The summed E-state index contributed by atoms with van der Waals surface area (Å²) in [6.45, 7) is 3.73. The first-order valence-electron chi connectivity index (χ1n) is 10.8. The molecule has 34 heavy (non-hydrogen) atoms. The van der Waals surface area contributed by atoms with E-state index in [4.69, 9.17) is 0 Å². The molecule has 4 aromatic rings. The van der Waals surface area contributed by atoms with Gasteiger partial charge in [-0.05, 0) is 44.2 Å². The second-order valence-corrected chi connectivity index (χ2v) is 7.99. The highest BCUT2D eigenvalue weighted by atomic mass is 16.2. The van der Waals surface area contributed by atoms with Gasteiger partial charge in [0.1, 0.15) is 0 Å². The summed E-state index contributed by atoms with van der Waals surface area (Å²) in [5.74, 6) is -1.05. The van der Waals surface area contributed by atoms with Crippen LogP contribution in [0.2, 0.25) is 0 Å². The van der Waals surface area contributed by atoms with Crippen molar-refractivity contribution in [2.75, 3.05) is 10.6 Å². The molecule has 0 spiro atoms. The molecule has 0 aliphatic carbocycles. The molecule has 0 unspecified atom stereocenters. The third-order valence-corrected chi connectivity index (χ3v) is 5.47. The molecule has 0 saturated carbocycles. The summed E-state index contributed by atoms with van der Waals surface area (Å²) < 4.78 is 1.61. The smallest absolute Gasteiger partial charge is 0.276 e. The highest BCUT2D eigenvalue weighted by Crippen LogP contribution is 2.24. The molecule has 0 radical (unpaired) electrons. The number of carbonyl (C=O) groups excluding carboxylic acids is 3. The Hall–Kier alpha value is -4.52. The average Bonchev–Trinajstić information content (AvgIpc) is 3.19. The van der Waals surface area contributed by atoms with E-state index in [2.05, 4.69) is 15.7 Å². The lowest BCUT2D eigenvalue weighted by Gasteiger charge is -2.14. The Labute approximate surface area is 197 Å². The maximum absolute atomic E-state index is 13.2. The number of hydrogen-bond donors (Lipinski definition) is 2. The first kappa shape index (κ1) is 22.7. The highest BCUT2D eigenvalue weighted by molar-refractivity contribution is 6.17. The van der Waals surface area contributed by atoms with Crippen LogP contribution in [0.4, 0.5) is 11.4 Å². The molecule has 2 amide bonds. The zero-order valence-corrected chi connectivity index (χ0v) is 19.1. The van der Waals surface area contributed by atoms with Crippen LogP contribution in [0.15, 0.2) is 78.9 Å². The van der Waals surface area contributed by atoms with Crippen molar-refractivity contribution in [2.24, 2.45) is 7.05 Å². The maximum atomic E-state index is 13.2. The van der Waals surface area contributed by atoms with Crippen molar-refractivity contribution in [3.63, 3.8) is 0 Å². The molecule has 0 aliphatic heterocycles. The zero-order valence-electron chi connectivity index (χ0n) is 19.1. The van der Waals surface area contributed by atoms with Gasteiger partial charge in [0.05, 0.1) is 16.9 Å². The van der Waals surface area contributed by atoms with Gasteiger partial charge in [0.2, 0.25) is 0 Å². The molecule has 1 aromatic heterocycles. The molecule has 0 saturated heterocycles. The number of benzene rings is 3. The van der Waals surface area contributed by atoms with E-state index in [0.29, 0.717) is 22.5 Å². The summed E-state index contributed by atoms with van der Waals surface area (Å²) in [6.07, 6.45) is 0. The molecule has 1 heterocycles. The van der Waals surface area contributed by atoms with Gasteiger partial charge < -0.3 is 10.6 Å². The van der Waals surface area contributed by atoms with Gasteiger partial charge in [-0.1, -0.05) is 54.1 Å². The first-order valence-corrected chi connectivity index (χ1v) is 10.8. The van der Waals surface area contributed by atoms with Crippen molar-refractivity contribution in [1.29, 1.82) is 0 Å². The molecule has 2 N–H and O–H groups in total. The number of ketones is 1. The normalized spacial score (nSPS) is 10.6. The van der Waals surface area contributed by atoms with Crippen molar-refractivity contribution in [2.45, 2.75) is 13.8 Å². The van der Waals surface area contributed by atoms with E-state index in [1.165, 1.54) is 0 Å². The minimum absolute atomic E-state index is 0.188. The average molecular weight is 453 g/mol. The molecule has 7 heteroatoms. The van der Waals surface area contributed by atoms with E-state index in [-0.39, 0.29) is 17.0 Å². The summed E-state index contributed by atoms with van der Waals surface area (Å²) in [7, 11) is 1.75. The second-order valence-electron chi connectivity index (χ2n) is 7.99. The monoisotopic (exact) mass is 452 g/mol. The van der Waals surface area contributed by atoms with Crippen LogP contribution in [0, 0.1) is 13.8 Å². The predicted octanol–water partition coefficient (Wildman–Crippen LogP) is 4.77. The van der Waals surface area contributed by atoms with E-state index in [9.17, 15) is 14.4 Å². The van der Waals surface area contributed by atoms with Gasteiger partial charge in [-0.2, -0.15) is 5.10 Å². The van der Waals surface area contributed by atoms with Gasteiger partial charge in [0.15, 0.2) is 11.5 Å². The van der Waals surface area contributed by atoms with Crippen molar-refractivity contribution < 1.29 is 14.4 Å². The van der Waals surface area contributed by atoms with Crippen molar-refractivity contribution in [3.8, 4) is 0 Å². The zero-order chi connectivity index (χ0) is 24.2. The maximum Gasteiger partial charge on any atom is 0.276 e. The number of rotatable bonds is 6. The molecular weight excluding hydrogens is 428 g/mol. The molecule has 0 bridgehead atoms. The van der Waals surface area contributed by atoms with Gasteiger partial charge in [-0.3, -0.25) is 19.1 Å². The largest absolute Gasteiger partial charge is 0.321 e. The lowest BCUT2D eigenvalue weighted by Crippen LogP contribution is -2.20. The van der Waals surface area contributed by atoms with Gasteiger partial charge in [-0.25, -0.2) is 0 Å². The number of aromatic nitrogens is 2. The first-order chi connectivity index (χ1) is 16.3. The minimum atomic E-state index is -0.445. The summed E-state index contributed by atoms with van der Waals surface area (Å²) in [6, 6.07) is 22.6. The molecule has 0 fully saturated rings. The van der Waals surface area contributed by atoms with Gasteiger partial charge in [0, 0.05) is 23.9 Å². The van der Waals surface area contributed by atoms with E-state index in [0.717, 1.165) is 11.3 Å². The Kier molecular flexibility index (Phi) is 6.36. The van der Waals surface area contributed by atoms with E-state index >= 15 is 0 Å². The molecule has 3 aromatic carbocycles. The summed E-state index contributed by atoms with van der Waals surface area (Å²) in [4.78, 5) is 39.0. The Bertz CT molecular complexity index is 1370. The SMILES string of the molecule is Cc1ccc(NC(=O)c2ccccc2NC(=O)c2cc(C)n(C)n2)c(C(=O)c2ccccc2)c1. The minimum Gasteiger partial charge on any atom is -0.321 e. The van der Waals surface area contributed by atoms with E-state index in [1.807, 2.05) is 26.0 Å². The van der Waals surface area contributed by atoms with E-state index in [1.54, 1.807) is 78.5 Å². The molecule has 7 nitrogen and oxygen atoms in total. The standard InChI is InChI=1S/C27H24N4O3/c1-17-13-14-23(21(15-17)25(32)19-9-5-4-6-10-19)28-26(33)20-11-7-8-12-22(20)29-27(34)24-16-18(2)31(3)30-24/h4-16H,1-3H3,(H,28,33)(H,29,34). The molecular formula is C27H24N4O3. The third-order valence-electron chi connectivity index (χ3n) is 5.47.